The molecule has 47 heavy (non-hydrogen) atoms. The first-order valence-electron chi connectivity index (χ1n) is 15.6. The predicted molar refractivity (Wildman–Crippen MR) is 176 cm³/mol. The molecule has 0 bridgehead atoms. The molecule has 1 atom stereocenters. The lowest BCUT2D eigenvalue weighted by Gasteiger charge is -2.34. The van der Waals surface area contributed by atoms with Gasteiger partial charge in [0.05, 0.1) is 25.2 Å². The van der Waals surface area contributed by atoms with Crippen molar-refractivity contribution in [1.29, 1.82) is 5.41 Å². The van der Waals surface area contributed by atoms with Crippen LogP contribution < -0.4 is 16.0 Å². The summed E-state index contributed by atoms with van der Waals surface area (Å²) in [5.74, 6) is -0.623. The van der Waals surface area contributed by atoms with Crippen LogP contribution in [0, 0.1) is 5.41 Å². The molecule has 2 saturated heterocycles. The van der Waals surface area contributed by atoms with Gasteiger partial charge in [-0.25, -0.2) is 4.98 Å². The summed E-state index contributed by atoms with van der Waals surface area (Å²) < 4.78 is 61.5. The van der Waals surface area contributed by atoms with E-state index in [0.29, 0.717) is 56.3 Å². The molecular formula is C35H38F4N6O2. The molecule has 3 heterocycles. The first-order chi connectivity index (χ1) is 22.6. The van der Waals surface area contributed by atoms with Crippen molar-refractivity contribution >= 4 is 34.5 Å². The number of carbonyl (C=O) groups excluding carboxylic acids is 1. The predicted octanol–water partition coefficient (Wildman–Crippen LogP) is 5.84. The van der Waals surface area contributed by atoms with Gasteiger partial charge in [-0.1, -0.05) is 42.5 Å². The van der Waals surface area contributed by atoms with E-state index >= 15 is 0 Å². The zero-order chi connectivity index (χ0) is 33.4. The third-order valence-corrected chi connectivity index (χ3v) is 8.27. The highest BCUT2D eigenvalue weighted by Crippen LogP contribution is 2.40. The number of nitrogens with two attached hydrogens (primary N) is 1. The molecule has 2 aromatic carbocycles. The number of ether oxygens (including phenoxy) is 1. The molecule has 12 heteroatoms. The van der Waals surface area contributed by atoms with E-state index in [-0.39, 0.29) is 39.9 Å². The van der Waals surface area contributed by atoms with Crippen molar-refractivity contribution in [3.05, 3.63) is 101 Å². The Morgan fingerprint density at radius 3 is 2.47 bits per heavy atom. The van der Waals surface area contributed by atoms with Crippen LogP contribution in [-0.4, -0.2) is 79.9 Å². The molecule has 3 aromatic rings. The minimum atomic E-state index is -4.53. The molecular weight excluding hydrogens is 612 g/mol. The van der Waals surface area contributed by atoms with Gasteiger partial charge in [0.25, 0.3) is 0 Å². The molecule has 0 spiro atoms. The fourth-order valence-electron chi connectivity index (χ4n) is 5.95. The van der Waals surface area contributed by atoms with Crippen LogP contribution in [0.25, 0.3) is 11.1 Å². The normalized spacial score (nSPS) is 17.9. The van der Waals surface area contributed by atoms with Crippen molar-refractivity contribution in [3.63, 3.8) is 0 Å². The molecule has 1 amide bonds. The first kappa shape index (κ1) is 33.8. The summed E-state index contributed by atoms with van der Waals surface area (Å²) in [7, 11) is 0. The summed E-state index contributed by atoms with van der Waals surface area (Å²) in [6.07, 6.45) is 1.06. The summed E-state index contributed by atoms with van der Waals surface area (Å²) in [4.78, 5) is 20.9. The van der Waals surface area contributed by atoms with E-state index in [9.17, 15) is 22.4 Å². The second-order valence-electron chi connectivity index (χ2n) is 11.6. The number of alkyl halides is 3. The fourth-order valence-corrected chi connectivity index (χ4v) is 5.95. The van der Waals surface area contributed by atoms with Gasteiger partial charge in [-0.2, -0.15) is 17.6 Å². The Hall–Kier alpha value is -4.55. The van der Waals surface area contributed by atoms with Gasteiger partial charge in [0, 0.05) is 62.3 Å². The number of hydrogen-bond acceptors (Lipinski definition) is 7. The number of carbonyl (C=O) groups is 1. The lowest BCUT2D eigenvalue weighted by atomic mass is 9.87. The number of aromatic nitrogens is 1. The average molecular weight is 651 g/mol. The second-order valence-corrected chi connectivity index (χ2v) is 11.6. The Bertz CT molecular complexity index is 1600. The number of amides is 1. The molecule has 2 aliphatic heterocycles. The first-order valence-corrected chi connectivity index (χ1v) is 15.6. The minimum Gasteiger partial charge on any atom is -0.398 e. The van der Waals surface area contributed by atoms with Crippen LogP contribution in [0.1, 0.15) is 41.5 Å². The van der Waals surface area contributed by atoms with Crippen molar-refractivity contribution in [2.75, 3.05) is 56.6 Å². The van der Waals surface area contributed by atoms with Crippen molar-refractivity contribution in [1.82, 2.24) is 15.2 Å². The van der Waals surface area contributed by atoms with Crippen molar-refractivity contribution < 1.29 is 27.1 Å². The zero-order valence-electron chi connectivity index (χ0n) is 25.9. The number of rotatable bonds is 10. The van der Waals surface area contributed by atoms with Crippen LogP contribution in [0.15, 0.2) is 79.0 Å². The van der Waals surface area contributed by atoms with Gasteiger partial charge in [0.15, 0.2) is 0 Å². The largest absolute Gasteiger partial charge is 0.398 e. The van der Waals surface area contributed by atoms with E-state index < -0.39 is 18.6 Å². The van der Waals surface area contributed by atoms with Gasteiger partial charge in [0.1, 0.15) is 5.82 Å². The van der Waals surface area contributed by atoms with E-state index in [1.54, 1.807) is 53.4 Å². The molecule has 1 unspecified atom stereocenters. The molecule has 2 aliphatic rings. The molecule has 0 saturated carbocycles. The fraction of sp³-hybridized carbons (Fsp3) is 0.343. The number of anilines is 2. The SMILES string of the molecule is N=C(F)c1cc(/C(=C(\CC(F)(F)F)c2ccccc2)c2ccc(N3CCCC(NC/C=C/C(=O)N4CCOCC4)C3)nc2)ccc1N. The summed E-state index contributed by atoms with van der Waals surface area (Å²) >= 11 is 0. The van der Waals surface area contributed by atoms with Crippen LogP contribution in [-0.2, 0) is 9.53 Å². The van der Waals surface area contributed by atoms with Gasteiger partial charge in [-0.3, -0.25) is 10.2 Å². The summed E-state index contributed by atoms with van der Waals surface area (Å²) in [5, 5.41) is 11.0. The Labute approximate surface area is 271 Å². The molecule has 0 radical (unpaired) electrons. The van der Waals surface area contributed by atoms with Crippen LogP contribution in [0.2, 0.25) is 0 Å². The maximum Gasteiger partial charge on any atom is 0.393 e. The minimum absolute atomic E-state index is 0.00356. The number of hydrogen-bond donors (Lipinski definition) is 3. The number of halogens is 4. The number of nitrogen functional groups attached to an aromatic ring is 1. The van der Waals surface area contributed by atoms with Crippen LogP contribution in [0.3, 0.4) is 0 Å². The third-order valence-electron chi connectivity index (χ3n) is 8.27. The molecule has 8 nitrogen and oxygen atoms in total. The third kappa shape index (κ3) is 9.05. The summed E-state index contributed by atoms with van der Waals surface area (Å²) in [5.41, 5.74) is 7.00. The number of morpholine rings is 1. The Kier molecular flexibility index (Phi) is 11.0. The number of pyridine rings is 1. The molecule has 4 N–H and O–H groups in total. The van der Waals surface area contributed by atoms with Gasteiger partial charge in [-0.05, 0) is 59.4 Å². The van der Waals surface area contributed by atoms with Gasteiger partial charge >= 0.3 is 6.18 Å². The van der Waals surface area contributed by atoms with E-state index in [2.05, 4.69) is 15.2 Å². The lowest BCUT2D eigenvalue weighted by molar-refractivity contribution is -0.130. The number of nitrogens with one attached hydrogen (secondary N) is 2. The molecule has 248 valence electrons. The average Bonchev–Trinajstić information content (AvgIpc) is 3.07. The Morgan fingerprint density at radius 1 is 1.04 bits per heavy atom. The summed E-state index contributed by atoms with van der Waals surface area (Å²) in [6.45, 7) is 4.27. The smallest absolute Gasteiger partial charge is 0.393 e. The van der Waals surface area contributed by atoms with Crippen molar-refractivity contribution in [2.24, 2.45) is 0 Å². The number of nitrogens with zero attached hydrogens (tertiary/aromatic N) is 3. The number of allylic oxidation sites excluding steroid dienone is 1. The second kappa shape index (κ2) is 15.4. The van der Waals surface area contributed by atoms with Crippen molar-refractivity contribution in [2.45, 2.75) is 31.5 Å². The van der Waals surface area contributed by atoms with E-state index in [1.165, 1.54) is 24.4 Å². The van der Waals surface area contributed by atoms with E-state index in [4.69, 9.17) is 15.9 Å². The van der Waals surface area contributed by atoms with E-state index in [1.807, 2.05) is 6.08 Å². The van der Waals surface area contributed by atoms with Crippen molar-refractivity contribution in [3.8, 4) is 0 Å². The highest BCUT2D eigenvalue weighted by molar-refractivity contribution is 6.02. The summed E-state index contributed by atoms with van der Waals surface area (Å²) in [6, 6.07) is 16.2. The van der Waals surface area contributed by atoms with E-state index in [0.717, 1.165) is 19.4 Å². The van der Waals surface area contributed by atoms with Gasteiger partial charge in [-0.15, -0.1) is 0 Å². The zero-order valence-corrected chi connectivity index (χ0v) is 25.9. The molecule has 2 fully saturated rings. The Balaban J connectivity index is 1.39. The number of piperidine rings is 1. The van der Waals surface area contributed by atoms with Crippen LogP contribution in [0.4, 0.5) is 29.1 Å². The molecule has 0 aliphatic carbocycles. The maximum atomic E-state index is 14.1. The maximum absolute atomic E-state index is 14.1. The van der Waals surface area contributed by atoms with Crippen LogP contribution in [0.5, 0.6) is 0 Å². The standard InChI is InChI=1S/C35H38F4N6O2/c36-34(41)28-20-25(10-12-30(28)40)33(29(21-35(37,38)39)24-6-2-1-3-7-24)26-11-13-31(43-22-26)45-15-5-8-27(23-45)42-14-4-9-32(46)44-16-18-47-19-17-44/h1-4,6-7,9-13,20,22,27,41-42H,5,8,14-19,21,23,40H2/b9-4+,33-29-,41-34?. The monoisotopic (exact) mass is 650 g/mol. The number of benzene rings is 2. The van der Waals surface area contributed by atoms with Crippen LogP contribution >= 0.6 is 0 Å². The van der Waals surface area contributed by atoms with Gasteiger partial charge < -0.3 is 25.6 Å². The van der Waals surface area contributed by atoms with Gasteiger partial charge in [0.2, 0.25) is 11.9 Å². The topological polar surface area (TPSA) is 108 Å². The lowest BCUT2D eigenvalue weighted by Crippen LogP contribution is -2.46. The Morgan fingerprint density at radius 2 is 1.79 bits per heavy atom. The molecule has 1 aromatic heterocycles. The highest BCUT2D eigenvalue weighted by Gasteiger charge is 2.32. The molecule has 5 rings (SSSR count). The highest BCUT2D eigenvalue weighted by atomic mass is 19.4. The quantitative estimate of drug-likeness (QED) is 0.0837.